The number of rotatable bonds is 6. The molecule has 0 saturated carbocycles. The Morgan fingerprint density at radius 3 is 2.70 bits per heavy atom. The molecule has 0 aliphatic rings. The second kappa shape index (κ2) is 6.39. The molecule has 0 fully saturated rings. The Bertz CT molecular complexity index is 579. The third kappa shape index (κ3) is 3.39. The van der Waals surface area contributed by atoms with E-state index in [0.717, 1.165) is 28.4 Å². The van der Waals surface area contributed by atoms with E-state index in [1.807, 2.05) is 7.05 Å². The molecule has 0 saturated heterocycles. The van der Waals surface area contributed by atoms with Gasteiger partial charge < -0.3 is 10.6 Å². The summed E-state index contributed by atoms with van der Waals surface area (Å²) in [4.78, 5) is 11.4. The maximum atomic E-state index is 4.58. The van der Waals surface area contributed by atoms with Crippen LogP contribution < -0.4 is 10.6 Å². The normalized spacial score (nSPS) is 14.2. The Morgan fingerprint density at radius 2 is 2.05 bits per heavy atom. The lowest BCUT2D eigenvalue weighted by molar-refractivity contribution is 0.483. The van der Waals surface area contributed by atoms with E-state index < -0.39 is 0 Å². The van der Waals surface area contributed by atoms with E-state index in [1.54, 1.807) is 11.3 Å². The number of thiophene rings is 1. The molecule has 0 aliphatic carbocycles. The number of anilines is 2. The summed E-state index contributed by atoms with van der Waals surface area (Å²) < 4.78 is 0. The number of hydrogen-bond donors (Lipinski definition) is 2. The molecule has 2 rings (SSSR count). The van der Waals surface area contributed by atoms with E-state index in [0.29, 0.717) is 12.0 Å². The zero-order valence-electron chi connectivity index (χ0n) is 12.9. The van der Waals surface area contributed by atoms with Crippen LogP contribution in [0.25, 0.3) is 10.2 Å². The fourth-order valence-corrected chi connectivity index (χ4v) is 3.21. The van der Waals surface area contributed by atoms with Crippen LogP contribution in [-0.4, -0.2) is 23.1 Å². The Labute approximate surface area is 125 Å². The van der Waals surface area contributed by atoms with Crippen LogP contribution in [0.15, 0.2) is 6.07 Å². The zero-order chi connectivity index (χ0) is 14.7. The fourth-order valence-electron chi connectivity index (χ4n) is 2.33. The molecule has 0 aliphatic heterocycles. The van der Waals surface area contributed by atoms with Gasteiger partial charge in [0.2, 0.25) is 5.95 Å². The van der Waals surface area contributed by atoms with Crippen molar-refractivity contribution >= 4 is 33.3 Å². The van der Waals surface area contributed by atoms with Gasteiger partial charge >= 0.3 is 0 Å². The van der Waals surface area contributed by atoms with Crippen LogP contribution in [0.3, 0.4) is 0 Å². The third-order valence-electron chi connectivity index (χ3n) is 3.58. The first-order valence-corrected chi connectivity index (χ1v) is 8.07. The van der Waals surface area contributed by atoms with Gasteiger partial charge in [-0.1, -0.05) is 20.3 Å². The molecule has 2 N–H and O–H groups in total. The standard InChI is InChI=1S/C15H24N4S/c1-6-9(2)7-10(3)17-13-12-8-11(4)20-14(12)19-15(16-5)18-13/h8-10H,6-7H2,1-5H3,(H2,16,17,18,19). The third-order valence-corrected chi connectivity index (χ3v) is 4.52. The average molecular weight is 292 g/mol. The SMILES string of the molecule is CCC(C)CC(C)Nc1nc(NC)nc2sc(C)cc12. The van der Waals surface area contributed by atoms with Crippen molar-refractivity contribution in [2.45, 2.75) is 46.6 Å². The number of nitrogens with zero attached hydrogens (tertiary/aromatic N) is 2. The van der Waals surface area contributed by atoms with E-state index in [2.05, 4.69) is 54.4 Å². The van der Waals surface area contributed by atoms with Gasteiger partial charge in [0.05, 0.1) is 5.39 Å². The van der Waals surface area contributed by atoms with Crippen LogP contribution in [0.5, 0.6) is 0 Å². The molecule has 5 heteroatoms. The molecule has 20 heavy (non-hydrogen) atoms. The topological polar surface area (TPSA) is 49.8 Å². The highest BCUT2D eigenvalue weighted by Crippen LogP contribution is 2.30. The number of nitrogens with one attached hydrogen (secondary N) is 2. The van der Waals surface area contributed by atoms with Gasteiger partial charge in [-0.2, -0.15) is 4.98 Å². The van der Waals surface area contributed by atoms with Crippen molar-refractivity contribution in [1.82, 2.24) is 9.97 Å². The fraction of sp³-hybridized carbons (Fsp3) is 0.600. The minimum Gasteiger partial charge on any atom is -0.367 e. The quantitative estimate of drug-likeness (QED) is 0.834. The molecule has 2 aromatic rings. The maximum absolute atomic E-state index is 4.58. The molecule has 0 aromatic carbocycles. The summed E-state index contributed by atoms with van der Waals surface area (Å²) in [5.74, 6) is 2.35. The summed E-state index contributed by atoms with van der Waals surface area (Å²) in [5.41, 5.74) is 0. The molecule has 2 aromatic heterocycles. The molecule has 0 amide bonds. The molecule has 0 bridgehead atoms. The number of aryl methyl sites for hydroxylation is 1. The Hall–Kier alpha value is -1.36. The van der Waals surface area contributed by atoms with Crippen LogP contribution in [0.2, 0.25) is 0 Å². The summed E-state index contributed by atoms with van der Waals surface area (Å²) in [6, 6.07) is 2.57. The maximum Gasteiger partial charge on any atom is 0.225 e. The minimum absolute atomic E-state index is 0.410. The van der Waals surface area contributed by atoms with Gasteiger partial charge in [0.25, 0.3) is 0 Å². The van der Waals surface area contributed by atoms with E-state index >= 15 is 0 Å². The summed E-state index contributed by atoms with van der Waals surface area (Å²) >= 11 is 1.71. The molecular weight excluding hydrogens is 268 g/mol. The smallest absolute Gasteiger partial charge is 0.225 e. The highest BCUT2D eigenvalue weighted by Gasteiger charge is 2.13. The first-order valence-electron chi connectivity index (χ1n) is 7.26. The monoisotopic (exact) mass is 292 g/mol. The molecular formula is C15H24N4S. The summed E-state index contributed by atoms with van der Waals surface area (Å²) in [7, 11) is 1.86. The van der Waals surface area contributed by atoms with Gasteiger partial charge in [0, 0.05) is 18.0 Å². The van der Waals surface area contributed by atoms with Crippen molar-refractivity contribution in [2.24, 2.45) is 5.92 Å². The molecule has 2 unspecified atom stereocenters. The van der Waals surface area contributed by atoms with Crippen LogP contribution >= 0.6 is 11.3 Å². The number of hydrogen-bond acceptors (Lipinski definition) is 5. The zero-order valence-corrected chi connectivity index (χ0v) is 13.8. The van der Waals surface area contributed by atoms with E-state index in [1.165, 1.54) is 11.3 Å². The Kier molecular flexibility index (Phi) is 4.81. The van der Waals surface area contributed by atoms with Crippen molar-refractivity contribution in [1.29, 1.82) is 0 Å². The minimum atomic E-state index is 0.410. The van der Waals surface area contributed by atoms with Crippen LogP contribution in [0, 0.1) is 12.8 Å². The van der Waals surface area contributed by atoms with E-state index in [4.69, 9.17) is 0 Å². The van der Waals surface area contributed by atoms with Gasteiger partial charge in [0.1, 0.15) is 10.6 Å². The number of aromatic nitrogens is 2. The van der Waals surface area contributed by atoms with Gasteiger partial charge in [-0.15, -0.1) is 11.3 Å². The van der Waals surface area contributed by atoms with E-state index in [9.17, 15) is 0 Å². The lowest BCUT2D eigenvalue weighted by Gasteiger charge is -2.18. The van der Waals surface area contributed by atoms with Crippen LogP contribution in [0.1, 0.15) is 38.5 Å². The molecule has 4 nitrogen and oxygen atoms in total. The lowest BCUT2D eigenvalue weighted by Crippen LogP contribution is -2.19. The first-order chi connectivity index (χ1) is 9.53. The van der Waals surface area contributed by atoms with Crippen LogP contribution in [0.4, 0.5) is 11.8 Å². The predicted molar refractivity (Wildman–Crippen MR) is 88.9 cm³/mol. The van der Waals surface area contributed by atoms with Crippen LogP contribution in [-0.2, 0) is 0 Å². The highest BCUT2D eigenvalue weighted by molar-refractivity contribution is 7.18. The lowest BCUT2D eigenvalue weighted by atomic mass is 10.0. The van der Waals surface area contributed by atoms with Gasteiger partial charge in [-0.25, -0.2) is 4.98 Å². The van der Waals surface area contributed by atoms with Gasteiger partial charge in [-0.05, 0) is 32.3 Å². The molecule has 0 radical (unpaired) electrons. The van der Waals surface area contributed by atoms with Crippen molar-refractivity contribution in [3.05, 3.63) is 10.9 Å². The van der Waals surface area contributed by atoms with Crippen molar-refractivity contribution in [3.8, 4) is 0 Å². The Balaban J connectivity index is 2.27. The second-order valence-electron chi connectivity index (χ2n) is 5.52. The van der Waals surface area contributed by atoms with Crippen molar-refractivity contribution in [2.75, 3.05) is 17.7 Å². The largest absolute Gasteiger partial charge is 0.367 e. The second-order valence-corrected chi connectivity index (χ2v) is 6.75. The predicted octanol–water partition coefficient (Wildman–Crippen LogP) is 4.28. The Morgan fingerprint density at radius 1 is 1.30 bits per heavy atom. The summed E-state index contributed by atoms with van der Waals surface area (Å²) in [6.07, 6.45) is 2.37. The highest BCUT2D eigenvalue weighted by atomic mass is 32.1. The van der Waals surface area contributed by atoms with Gasteiger partial charge in [-0.3, -0.25) is 0 Å². The van der Waals surface area contributed by atoms with Gasteiger partial charge in [0.15, 0.2) is 0 Å². The number of fused-ring (bicyclic) bond motifs is 1. The molecule has 2 atom stereocenters. The first kappa shape index (κ1) is 15.0. The molecule has 0 spiro atoms. The van der Waals surface area contributed by atoms with Crippen molar-refractivity contribution in [3.63, 3.8) is 0 Å². The van der Waals surface area contributed by atoms with Crippen molar-refractivity contribution < 1.29 is 0 Å². The van der Waals surface area contributed by atoms with E-state index in [-0.39, 0.29) is 0 Å². The average Bonchev–Trinajstić information content (AvgIpc) is 2.78. The molecule has 2 heterocycles. The summed E-state index contributed by atoms with van der Waals surface area (Å²) in [5, 5.41) is 7.72. The molecule has 110 valence electrons. The summed E-state index contributed by atoms with van der Waals surface area (Å²) in [6.45, 7) is 8.86.